The molecular weight excluding hydrogens is 282 g/mol. The predicted molar refractivity (Wildman–Crippen MR) is 85.3 cm³/mol. The lowest BCUT2D eigenvalue weighted by molar-refractivity contribution is -0.131. The Balaban J connectivity index is 1.70. The van der Waals surface area contributed by atoms with Crippen LogP contribution >= 0.6 is 11.8 Å². The number of benzene rings is 1. The minimum atomic E-state index is 0.217. The highest BCUT2D eigenvalue weighted by Crippen LogP contribution is 2.25. The van der Waals surface area contributed by atoms with Crippen LogP contribution < -0.4 is 0 Å². The highest BCUT2D eigenvalue weighted by atomic mass is 32.2. The van der Waals surface area contributed by atoms with Crippen molar-refractivity contribution in [1.82, 2.24) is 14.9 Å². The van der Waals surface area contributed by atoms with Crippen LogP contribution in [0.15, 0.2) is 35.6 Å². The lowest BCUT2D eigenvalue weighted by Gasteiger charge is -2.33. The fraction of sp³-hybridized carbons (Fsp3) is 0.438. The molecule has 2 aromatic rings. The van der Waals surface area contributed by atoms with Crippen LogP contribution in [0.3, 0.4) is 0 Å². The first-order valence-electron chi connectivity index (χ1n) is 7.38. The number of likely N-dealkylation sites (tertiary alicyclic amines) is 1. The molecule has 5 heteroatoms. The van der Waals surface area contributed by atoms with Gasteiger partial charge in [0.05, 0.1) is 11.3 Å². The number of amides is 1. The molecule has 4 nitrogen and oxygen atoms in total. The summed E-state index contributed by atoms with van der Waals surface area (Å²) in [4.78, 5) is 23.0. The van der Waals surface area contributed by atoms with E-state index in [1.165, 1.54) is 18.2 Å². The highest BCUT2D eigenvalue weighted by molar-refractivity contribution is 8.00. The van der Waals surface area contributed by atoms with E-state index < -0.39 is 0 Å². The number of para-hydroxylation sites is 1. The van der Waals surface area contributed by atoms with E-state index in [0.29, 0.717) is 11.8 Å². The van der Waals surface area contributed by atoms with Crippen LogP contribution in [0.2, 0.25) is 0 Å². The van der Waals surface area contributed by atoms with Gasteiger partial charge in [0.1, 0.15) is 11.4 Å². The van der Waals surface area contributed by atoms with Crippen LogP contribution in [0.25, 0.3) is 10.9 Å². The molecule has 1 saturated heterocycles. The molecule has 1 aromatic heterocycles. The smallest absolute Gasteiger partial charge is 0.233 e. The maximum absolute atomic E-state index is 12.4. The number of nitrogens with zero attached hydrogens (tertiary/aromatic N) is 3. The Kier molecular flexibility index (Phi) is 4.39. The van der Waals surface area contributed by atoms with Crippen molar-refractivity contribution in [2.24, 2.45) is 0 Å². The van der Waals surface area contributed by atoms with Gasteiger partial charge in [-0.25, -0.2) is 9.97 Å². The number of piperidine rings is 1. The van der Waals surface area contributed by atoms with E-state index >= 15 is 0 Å². The fourth-order valence-electron chi connectivity index (χ4n) is 2.78. The molecule has 1 aliphatic rings. The van der Waals surface area contributed by atoms with Crippen molar-refractivity contribution in [2.45, 2.75) is 37.3 Å². The van der Waals surface area contributed by atoms with E-state index in [0.717, 1.165) is 35.3 Å². The summed E-state index contributed by atoms with van der Waals surface area (Å²) in [5.41, 5.74) is 0.925. The van der Waals surface area contributed by atoms with Gasteiger partial charge in [-0.2, -0.15) is 0 Å². The van der Waals surface area contributed by atoms with Crippen molar-refractivity contribution in [2.75, 3.05) is 12.3 Å². The van der Waals surface area contributed by atoms with E-state index in [4.69, 9.17) is 0 Å². The molecule has 0 bridgehead atoms. The summed E-state index contributed by atoms with van der Waals surface area (Å²) in [5, 5.41) is 1.91. The lowest BCUT2D eigenvalue weighted by atomic mass is 10.0. The van der Waals surface area contributed by atoms with Crippen LogP contribution in [0, 0.1) is 0 Å². The van der Waals surface area contributed by atoms with Crippen molar-refractivity contribution in [1.29, 1.82) is 0 Å². The Hall–Kier alpha value is -1.62. The summed E-state index contributed by atoms with van der Waals surface area (Å²) < 4.78 is 0. The lowest BCUT2D eigenvalue weighted by Crippen LogP contribution is -2.42. The average Bonchev–Trinajstić information content (AvgIpc) is 2.53. The Morgan fingerprint density at radius 3 is 3.05 bits per heavy atom. The Labute approximate surface area is 129 Å². The molecule has 0 spiro atoms. The zero-order valence-electron chi connectivity index (χ0n) is 12.2. The van der Waals surface area contributed by atoms with Gasteiger partial charge in [-0.05, 0) is 32.3 Å². The normalized spacial score (nSPS) is 18.9. The minimum absolute atomic E-state index is 0.217. The number of hydrogen-bond acceptors (Lipinski definition) is 4. The van der Waals surface area contributed by atoms with Crippen LogP contribution in [0.5, 0.6) is 0 Å². The monoisotopic (exact) mass is 301 g/mol. The van der Waals surface area contributed by atoms with Crippen LogP contribution in [0.1, 0.15) is 26.2 Å². The van der Waals surface area contributed by atoms with Gasteiger partial charge in [0.15, 0.2) is 0 Å². The minimum Gasteiger partial charge on any atom is -0.339 e. The second-order valence-corrected chi connectivity index (χ2v) is 6.38. The molecule has 110 valence electrons. The van der Waals surface area contributed by atoms with E-state index in [1.54, 1.807) is 6.33 Å². The number of aromatic nitrogens is 2. The molecule has 1 fully saturated rings. The maximum atomic E-state index is 12.4. The van der Waals surface area contributed by atoms with Crippen LogP contribution in [-0.2, 0) is 4.79 Å². The van der Waals surface area contributed by atoms with Gasteiger partial charge >= 0.3 is 0 Å². The van der Waals surface area contributed by atoms with Crippen LogP contribution in [-0.4, -0.2) is 39.1 Å². The number of thioether (sulfide) groups is 1. The third-order valence-corrected chi connectivity index (χ3v) is 4.95. The Bertz CT molecular complexity index is 641. The van der Waals surface area contributed by atoms with Gasteiger partial charge in [-0.3, -0.25) is 4.79 Å². The summed E-state index contributed by atoms with van der Waals surface area (Å²) >= 11 is 1.51. The average molecular weight is 301 g/mol. The van der Waals surface area contributed by atoms with Gasteiger partial charge in [-0.15, -0.1) is 0 Å². The van der Waals surface area contributed by atoms with Gasteiger partial charge in [0.2, 0.25) is 5.91 Å². The van der Waals surface area contributed by atoms with Crippen molar-refractivity contribution in [3.05, 3.63) is 30.6 Å². The third kappa shape index (κ3) is 3.18. The summed E-state index contributed by atoms with van der Waals surface area (Å²) in [7, 11) is 0. The number of fused-ring (bicyclic) bond motifs is 1. The number of hydrogen-bond donors (Lipinski definition) is 0. The number of carbonyl (C=O) groups is 1. The summed E-state index contributed by atoms with van der Waals surface area (Å²) in [6.07, 6.45) is 5.04. The fourth-order valence-corrected chi connectivity index (χ4v) is 3.65. The van der Waals surface area contributed by atoms with Gasteiger partial charge in [-0.1, -0.05) is 30.0 Å². The summed E-state index contributed by atoms with van der Waals surface area (Å²) in [6.45, 7) is 3.03. The molecule has 1 aromatic carbocycles. The van der Waals surface area contributed by atoms with Crippen molar-refractivity contribution >= 4 is 28.6 Å². The second kappa shape index (κ2) is 6.43. The topological polar surface area (TPSA) is 46.1 Å². The molecule has 0 saturated carbocycles. The van der Waals surface area contributed by atoms with E-state index in [-0.39, 0.29) is 5.91 Å². The molecule has 1 unspecified atom stereocenters. The van der Waals surface area contributed by atoms with Crippen molar-refractivity contribution < 1.29 is 4.79 Å². The summed E-state index contributed by atoms with van der Waals surface area (Å²) in [6, 6.07) is 8.28. The molecule has 1 atom stereocenters. The third-order valence-electron chi connectivity index (χ3n) is 3.96. The number of rotatable bonds is 3. The molecule has 0 N–H and O–H groups in total. The Morgan fingerprint density at radius 1 is 1.33 bits per heavy atom. The van der Waals surface area contributed by atoms with Crippen molar-refractivity contribution in [3.63, 3.8) is 0 Å². The molecule has 21 heavy (non-hydrogen) atoms. The second-order valence-electron chi connectivity index (χ2n) is 5.42. The van der Waals surface area contributed by atoms with Gasteiger partial charge in [0, 0.05) is 18.0 Å². The SMILES string of the molecule is CC1CCCCN1C(=O)CSc1ncnc2ccccc12. The first-order chi connectivity index (χ1) is 10.3. The zero-order valence-corrected chi connectivity index (χ0v) is 13.0. The largest absolute Gasteiger partial charge is 0.339 e. The zero-order chi connectivity index (χ0) is 14.7. The van der Waals surface area contributed by atoms with Crippen molar-refractivity contribution in [3.8, 4) is 0 Å². The standard InChI is InChI=1S/C16H19N3OS/c1-12-6-4-5-9-19(12)15(20)10-21-16-13-7-2-3-8-14(13)17-11-18-16/h2-3,7-8,11-12H,4-6,9-10H2,1H3. The molecular formula is C16H19N3OS. The first-order valence-corrected chi connectivity index (χ1v) is 8.36. The quantitative estimate of drug-likeness (QED) is 0.645. The molecule has 3 rings (SSSR count). The van der Waals surface area contributed by atoms with Crippen LogP contribution in [0.4, 0.5) is 0 Å². The van der Waals surface area contributed by atoms with E-state index in [2.05, 4.69) is 16.9 Å². The van der Waals surface area contributed by atoms with Gasteiger partial charge < -0.3 is 4.90 Å². The molecule has 1 amide bonds. The first kappa shape index (κ1) is 14.3. The highest BCUT2D eigenvalue weighted by Gasteiger charge is 2.23. The maximum Gasteiger partial charge on any atom is 0.233 e. The molecule has 0 aliphatic carbocycles. The molecule has 1 aliphatic heterocycles. The number of carbonyl (C=O) groups excluding carboxylic acids is 1. The Morgan fingerprint density at radius 2 is 2.19 bits per heavy atom. The van der Waals surface area contributed by atoms with E-state index in [9.17, 15) is 4.79 Å². The molecule has 0 radical (unpaired) electrons. The molecule has 2 heterocycles. The van der Waals surface area contributed by atoms with Gasteiger partial charge in [0.25, 0.3) is 0 Å². The van der Waals surface area contributed by atoms with E-state index in [1.807, 2.05) is 29.2 Å². The predicted octanol–water partition coefficient (Wildman–Crippen LogP) is 3.12. The summed E-state index contributed by atoms with van der Waals surface area (Å²) in [5.74, 6) is 0.667.